The third-order valence-corrected chi connectivity index (χ3v) is 4.27. The highest BCUT2D eigenvalue weighted by Gasteiger charge is 2.08. The van der Waals surface area contributed by atoms with Crippen molar-refractivity contribution in [3.8, 4) is 22.6 Å². The largest absolute Gasteiger partial charge is 0.493 e. The highest BCUT2D eigenvalue weighted by molar-refractivity contribution is 5.90. The first-order valence-electron chi connectivity index (χ1n) is 7.79. The van der Waals surface area contributed by atoms with Crippen LogP contribution in [0.3, 0.4) is 0 Å². The van der Waals surface area contributed by atoms with Crippen LogP contribution < -0.4 is 9.47 Å². The molecule has 0 N–H and O–H groups in total. The Labute approximate surface area is 140 Å². The van der Waals surface area contributed by atoms with Crippen LogP contribution in [0.2, 0.25) is 0 Å². The van der Waals surface area contributed by atoms with Crippen molar-refractivity contribution < 1.29 is 9.47 Å². The molecule has 0 amide bonds. The Balaban J connectivity index is 1.86. The molecule has 0 radical (unpaired) electrons. The van der Waals surface area contributed by atoms with Gasteiger partial charge in [-0.15, -0.1) is 0 Å². The quantitative estimate of drug-likeness (QED) is 0.529. The molecule has 1 aromatic heterocycles. The van der Waals surface area contributed by atoms with E-state index >= 15 is 0 Å². The van der Waals surface area contributed by atoms with Gasteiger partial charge in [-0.1, -0.05) is 36.4 Å². The number of hydrogen-bond acceptors (Lipinski definition) is 3. The second-order valence-corrected chi connectivity index (χ2v) is 5.69. The van der Waals surface area contributed by atoms with Gasteiger partial charge in [-0.05, 0) is 34.5 Å². The van der Waals surface area contributed by atoms with Gasteiger partial charge >= 0.3 is 0 Å². The highest BCUT2D eigenvalue weighted by atomic mass is 16.5. The predicted molar refractivity (Wildman–Crippen MR) is 97.8 cm³/mol. The van der Waals surface area contributed by atoms with Crippen molar-refractivity contribution in [1.29, 1.82) is 0 Å². The number of methoxy groups -OCH3 is 2. The number of pyridine rings is 1. The summed E-state index contributed by atoms with van der Waals surface area (Å²) in [4.78, 5) is 4.59. The summed E-state index contributed by atoms with van der Waals surface area (Å²) >= 11 is 0. The molecular weight excluding hydrogens is 298 g/mol. The van der Waals surface area contributed by atoms with Crippen LogP contribution in [0.1, 0.15) is 0 Å². The fourth-order valence-corrected chi connectivity index (χ4v) is 2.98. The molecule has 3 nitrogen and oxygen atoms in total. The highest BCUT2D eigenvalue weighted by Crippen LogP contribution is 2.33. The van der Waals surface area contributed by atoms with Gasteiger partial charge in [0.2, 0.25) is 0 Å². The van der Waals surface area contributed by atoms with Crippen LogP contribution in [0.25, 0.3) is 32.8 Å². The number of rotatable bonds is 3. The maximum Gasteiger partial charge on any atom is 0.162 e. The van der Waals surface area contributed by atoms with E-state index < -0.39 is 0 Å². The molecule has 0 saturated heterocycles. The SMILES string of the molecule is COc1cc2cc(-c3ccc4ccccc4c3)cnc2cc1OC. The third-order valence-electron chi connectivity index (χ3n) is 4.27. The number of nitrogens with zero attached hydrogens (tertiary/aromatic N) is 1. The van der Waals surface area contributed by atoms with Crippen molar-refractivity contribution in [3.05, 3.63) is 66.9 Å². The first kappa shape index (κ1) is 14.5. The molecule has 0 unspecified atom stereocenters. The molecule has 0 spiro atoms. The lowest BCUT2D eigenvalue weighted by Crippen LogP contribution is -1.92. The molecule has 0 fully saturated rings. The normalized spacial score (nSPS) is 10.9. The van der Waals surface area contributed by atoms with Crippen LogP contribution in [-0.4, -0.2) is 19.2 Å². The summed E-state index contributed by atoms with van der Waals surface area (Å²) in [6.07, 6.45) is 1.90. The van der Waals surface area contributed by atoms with E-state index in [-0.39, 0.29) is 0 Å². The van der Waals surface area contributed by atoms with Gasteiger partial charge in [-0.2, -0.15) is 0 Å². The van der Waals surface area contributed by atoms with Crippen molar-refractivity contribution in [1.82, 2.24) is 4.98 Å². The first-order chi connectivity index (χ1) is 11.8. The molecule has 4 rings (SSSR count). The van der Waals surface area contributed by atoms with Crippen molar-refractivity contribution in [2.75, 3.05) is 14.2 Å². The van der Waals surface area contributed by atoms with E-state index in [1.165, 1.54) is 10.8 Å². The fraction of sp³-hybridized carbons (Fsp3) is 0.0952. The Hall–Kier alpha value is -3.07. The zero-order valence-corrected chi connectivity index (χ0v) is 13.6. The summed E-state index contributed by atoms with van der Waals surface area (Å²) in [7, 11) is 3.28. The average Bonchev–Trinajstić information content (AvgIpc) is 2.66. The van der Waals surface area contributed by atoms with Crippen LogP contribution in [0.5, 0.6) is 11.5 Å². The molecule has 0 aliphatic heterocycles. The maximum absolute atomic E-state index is 5.39. The second-order valence-electron chi connectivity index (χ2n) is 5.69. The van der Waals surface area contributed by atoms with Crippen LogP contribution in [0.4, 0.5) is 0 Å². The van der Waals surface area contributed by atoms with Gasteiger partial charge in [0.1, 0.15) is 0 Å². The Morgan fingerprint density at radius 3 is 2.17 bits per heavy atom. The molecule has 0 aliphatic carbocycles. The Morgan fingerprint density at radius 1 is 0.667 bits per heavy atom. The number of hydrogen-bond donors (Lipinski definition) is 0. The van der Waals surface area contributed by atoms with Gasteiger partial charge in [0, 0.05) is 23.2 Å². The van der Waals surface area contributed by atoms with E-state index in [1.807, 2.05) is 18.3 Å². The molecule has 24 heavy (non-hydrogen) atoms. The molecule has 0 aliphatic rings. The minimum Gasteiger partial charge on any atom is -0.493 e. The number of fused-ring (bicyclic) bond motifs is 2. The van der Waals surface area contributed by atoms with Crippen LogP contribution >= 0.6 is 0 Å². The summed E-state index contributed by atoms with van der Waals surface area (Å²) in [5.74, 6) is 1.40. The van der Waals surface area contributed by atoms with Crippen LogP contribution in [0.15, 0.2) is 66.9 Å². The zero-order chi connectivity index (χ0) is 16.5. The summed E-state index contributed by atoms with van der Waals surface area (Å²) in [5.41, 5.74) is 3.12. The minimum atomic E-state index is 0.691. The third kappa shape index (κ3) is 2.44. The summed E-state index contributed by atoms with van der Waals surface area (Å²) < 4.78 is 10.7. The molecule has 0 atom stereocenters. The number of aromatic nitrogens is 1. The summed E-state index contributed by atoms with van der Waals surface area (Å²) in [5, 5.41) is 3.49. The standard InChI is InChI=1S/C21H17NO2/c1-23-20-11-17-10-18(13-22-19(17)12-21(20)24-2)16-8-7-14-5-3-4-6-15(14)9-16/h3-13H,1-2H3. The van der Waals surface area contributed by atoms with E-state index in [4.69, 9.17) is 9.47 Å². The maximum atomic E-state index is 5.39. The molecule has 3 aromatic carbocycles. The van der Waals surface area contributed by atoms with Crippen LogP contribution in [0, 0.1) is 0 Å². The van der Waals surface area contributed by atoms with Crippen molar-refractivity contribution >= 4 is 21.7 Å². The monoisotopic (exact) mass is 315 g/mol. The number of ether oxygens (including phenoxy) is 2. The van der Waals surface area contributed by atoms with Gasteiger partial charge in [0.05, 0.1) is 19.7 Å². The molecule has 118 valence electrons. The molecule has 1 heterocycles. The lowest BCUT2D eigenvalue weighted by Gasteiger charge is -2.10. The van der Waals surface area contributed by atoms with Crippen molar-refractivity contribution in [2.45, 2.75) is 0 Å². The van der Waals surface area contributed by atoms with Gasteiger partial charge < -0.3 is 9.47 Å². The molecule has 3 heteroatoms. The fourth-order valence-electron chi connectivity index (χ4n) is 2.98. The van der Waals surface area contributed by atoms with Crippen molar-refractivity contribution in [2.24, 2.45) is 0 Å². The summed E-state index contributed by atoms with van der Waals surface area (Å²) in [6, 6.07) is 20.8. The lowest BCUT2D eigenvalue weighted by molar-refractivity contribution is 0.356. The van der Waals surface area contributed by atoms with Crippen molar-refractivity contribution in [3.63, 3.8) is 0 Å². The van der Waals surface area contributed by atoms with Gasteiger partial charge in [0.15, 0.2) is 11.5 Å². The Morgan fingerprint density at radius 2 is 1.38 bits per heavy atom. The van der Waals surface area contributed by atoms with E-state index in [2.05, 4.69) is 53.5 Å². The molecule has 0 saturated carbocycles. The predicted octanol–water partition coefficient (Wildman–Crippen LogP) is 5.07. The van der Waals surface area contributed by atoms with Gasteiger partial charge in [-0.3, -0.25) is 4.98 Å². The first-order valence-corrected chi connectivity index (χ1v) is 7.79. The average molecular weight is 315 g/mol. The Kier molecular flexibility index (Phi) is 3.54. The van der Waals surface area contributed by atoms with E-state index in [1.54, 1.807) is 14.2 Å². The van der Waals surface area contributed by atoms with Gasteiger partial charge in [-0.25, -0.2) is 0 Å². The van der Waals surface area contributed by atoms with Gasteiger partial charge in [0.25, 0.3) is 0 Å². The molecule has 0 bridgehead atoms. The second kappa shape index (κ2) is 5.85. The summed E-state index contributed by atoms with van der Waals surface area (Å²) in [6.45, 7) is 0. The zero-order valence-electron chi connectivity index (χ0n) is 13.6. The van der Waals surface area contributed by atoms with E-state index in [9.17, 15) is 0 Å². The van der Waals surface area contributed by atoms with Crippen LogP contribution in [-0.2, 0) is 0 Å². The molecule has 4 aromatic rings. The number of benzene rings is 3. The van der Waals surface area contributed by atoms with E-state index in [0.29, 0.717) is 11.5 Å². The minimum absolute atomic E-state index is 0.691. The smallest absolute Gasteiger partial charge is 0.162 e. The Bertz CT molecular complexity index is 1040. The topological polar surface area (TPSA) is 31.4 Å². The molecular formula is C21H17NO2. The lowest BCUT2D eigenvalue weighted by atomic mass is 10.0. The van der Waals surface area contributed by atoms with E-state index in [0.717, 1.165) is 22.0 Å².